The summed E-state index contributed by atoms with van der Waals surface area (Å²) in [6.07, 6.45) is 6.64. The van der Waals surface area contributed by atoms with Gasteiger partial charge in [0, 0.05) is 28.5 Å². The van der Waals surface area contributed by atoms with Crippen LogP contribution in [-0.4, -0.2) is 29.8 Å². The summed E-state index contributed by atoms with van der Waals surface area (Å²) in [4.78, 5) is 18.7. The minimum absolute atomic E-state index is 0.00781. The fourth-order valence-corrected chi connectivity index (χ4v) is 5.60. The SMILES string of the molecule is C=C[C@]12CCCN3CC[C@](c4ccccc4N=[N+]=[N-])(C(=O)CC1)[C@@H]32. The van der Waals surface area contributed by atoms with E-state index in [1.54, 1.807) is 0 Å². The summed E-state index contributed by atoms with van der Waals surface area (Å²) in [6, 6.07) is 7.77. The number of piperidine rings is 1. The Balaban J connectivity index is 1.96. The van der Waals surface area contributed by atoms with E-state index in [1.807, 2.05) is 24.3 Å². The van der Waals surface area contributed by atoms with Gasteiger partial charge in [-0.3, -0.25) is 9.69 Å². The fraction of sp³-hybridized carbons (Fsp3) is 0.526. The molecule has 3 fully saturated rings. The second-order valence-corrected chi connectivity index (χ2v) is 7.33. The van der Waals surface area contributed by atoms with E-state index in [-0.39, 0.29) is 11.5 Å². The van der Waals surface area contributed by atoms with Crippen LogP contribution in [0.15, 0.2) is 42.0 Å². The van der Waals surface area contributed by atoms with Crippen LogP contribution in [0.25, 0.3) is 10.4 Å². The van der Waals surface area contributed by atoms with Crippen LogP contribution in [0.5, 0.6) is 0 Å². The Hall–Kier alpha value is -2.10. The van der Waals surface area contributed by atoms with E-state index >= 15 is 0 Å². The van der Waals surface area contributed by atoms with Crippen molar-refractivity contribution < 1.29 is 4.79 Å². The molecule has 124 valence electrons. The molecule has 4 rings (SSSR count). The quantitative estimate of drug-likeness (QED) is 0.361. The van der Waals surface area contributed by atoms with E-state index < -0.39 is 5.41 Å². The van der Waals surface area contributed by atoms with Crippen molar-refractivity contribution in [3.05, 3.63) is 52.9 Å². The molecule has 2 heterocycles. The van der Waals surface area contributed by atoms with Gasteiger partial charge in [0.1, 0.15) is 5.78 Å². The summed E-state index contributed by atoms with van der Waals surface area (Å²) >= 11 is 0. The predicted molar refractivity (Wildman–Crippen MR) is 93.0 cm³/mol. The van der Waals surface area contributed by atoms with Gasteiger partial charge >= 0.3 is 0 Å². The smallest absolute Gasteiger partial charge is 0.145 e. The van der Waals surface area contributed by atoms with Gasteiger partial charge in [-0.05, 0) is 49.9 Å². The summed E-state index contributed by atoms with van der Waals surface area (Å²) in [7, 11) is 0. The predicted octanol–water partition coefficient (Wildman–Crippen LogP) is 4.27. The highest BCUT2D eigenvalue weighted by Crippen LogP contribution is 2.59. The number of hydrogen-bond donors (Lipinski definition) is 0. The Morgan fingerprint density at radius 2 is 2.12 bits per heavy atom. The first-order valence-corrected chi connectivity index (χ1v) is 8.73. The molecule has 0 spiro atoms. The number of azide groups is 1. The van der Waals surface area contributed by atoms with Crippen LogP contribution in [0.1, 0.15) is 37.7 Å². The number of rotatable bonds is 3. The van der Waals surface area contributed by atoms with Crippen molar-refractivity contribution in [2.45, 2.75) is 43.6 Å². The number of benzene rings is 1. The number of hydrogen-bond acceptors (Lipinski definition) is 3. The number of carbonyl (C=O) groups is 1. The Labute approximate surface area is 142 Å². The lowest BCUT2D eigenvalue weighted by Crippen LogP contribution is -2.62. The second-order valence-electron chi connectivity index (χ2n) is 7.33. The van der Waals surface area contributed by atoms with E-state index in [0.717, 1.165) is 44.3 Å². The lowest BCUT2D eigenvalue weighted by Gasteiger charge is -2.55. The van der Waals surface area contributed by atoms with Gasteiger partial charge in [-0.15, -0.1) is 6.58 Å². The molecule has 0 bridgehead atoms. The average Bonchev–Trinajstić information content (AvgIpc) is 3.02. The van der Waals surface area contributed by atoms with Gasteiger partial charge in [0.25, 0.3) is 0 Å². The third-order valence-electron chi connectivity index (χ3n) is 6.52. The zero-order valence-electron chi connectivity index (χ0n) is 13.8. The zero-order valence-corrected chi connectivity index (χ0v) is 13.8. The molecule has 2 saturated heterocycles. The third-order valence-corrected chi connectivity index (χ3v) is 6.52. The molecule has 0 N–H and O–H groups in total. The maximum atomic E-state index is 13.2. The molecule has 0 amide bonds. The highest BCUT2D eigenvalue weighted by atomic mass is 16.1. The summed E-state index contributed by atoms with van der Waals surface area (Å²) in [5.41, 5.74) is 9.89. The molecule has 1 aromatic carbocycles. The monoisotopic (exact) mass is 322 g/mol. The van der Waals surface area contributed by atoms with Crippen molar-refractivity contribution in [1.29, 1.82) is 0 Å². The fourth-order valence-electron chi connectivity index (χ4n) is 5.60. The molecule has 3 aliphatic rings. The van der Waals surface area contributed by atoms with Crippen LogP contribution < -0.4 is 0 Å². The van der Waals surface area contributed by atoms with E-state index in [0.29, 0.717) is 17.9 Å². The Morgan fingerprint density at radius 1 is 1.29 bits per heavy atom. The van der Waals surface area contributed by atoms with E-state index in [1.165, 1.54) is 0 Å². The standard InChI is InChI=1S/C19H22N4O/c1-2-18-9-5-12-23-13-11-19(17(18)23,16(24)8-10-18)14-6-3-4-7-15(14)21-22-20/h2-4,6-7,17H,1,5,8-13H2/t17-,18-,19-/m0/s1. The molecule has 1 aromatic rings. The topological polar surface area (TPSA) is 69.1 Å². The van der Waals surface area contributed by atoms with Crippen molar-refractivity contribution in [2.24, 2.45) is 10.5 Å². The molecule has 5 nitrogen and oxygen atoms in total. The number of nitrogens with zero attached hydrogens (tertiary/aromatic N) is 4. The molecule has 3 atom stereocenters. The normalized spacial score (nSPS) is 35.2. The number of Topliss-reactive ketones (excluding diaryl/α,β-unsaturated/α-hetero) is 1. The molecule has 2 aliphatic heterocycles. The van der Waals surface area contributed by atoms with Crippen LogP contribution in [0.4, 0.5) is 5.69 Å². The van der Waals surface area contributed by atoms with Crippen LogP contribution in [0, 0.1) is 5.41 Å². The van der Waals surface area contributed by atoms with Crippen LogP contribution >= 0.6 is 0 Å². The molecule has 0 unspecified atom stereocenters. The third kappa shape index (κ3) is 1.86. The first kappa shape index (κ1) is 15.4. The Bertz CT molecular complexity index is 753. The molecular formula is C19H22N4O. The highest BCUT2D eigenvalue weighted by molar-refractivity contribution is 5.94. The highest BCUT2D eigenvalue weighted by Gasteiger charge is 2.63. The molecule has 1 aliphatic carbocycles. The van der Waals surface area contributed by atoms with Crippen molar-refractivity contribution in [2.75, 3.05) is 13.1 Å². The lowest BCUT2D eigenvalue weighted by atomic mass is 9.53. The van der Waals surface area contributed by atoms with Crippen molar-refractivity contribution in [1.82, 2.24) is 4.90 Å². The van der Waals surface area contributed by atoms with Crippen LogP contribution in [0.2, 0.25) is 0 Å². The average molecular weight is 322 g/mol. The van der Waals surface area contributed by atoms with Crippen LogP contribution in [0.3, 0.4) is 0 Å². The minimum Gasteiger partial charge on any atom is -0.299 e. The van der Waals surface area contributed by atoms with Gasteiger partial charge in [-0.1, -0.05) is 35.5 Å². The van der Waals surface area contributed by atoms with E-state index in [2.05, 4.69) is 27.6 Å². The largest absolute Gasteiger partial charge is 0.299 e. The summed E-state index contributed by atoms with van der Waals surface area (Å²) in [5.74, 6) is 0.301. The summed E-state index contributed by atoms with van der Waals surface area (Å²) in [5, 5.41) is 3.90. The molecule has 1 saturated carbocycles. The van der Waals surface area contributed by atoms with Gasteiger partial charge in [-0.25, -0.2) is 0 Å². The summed E-state index contributed by atoms with van der Waals surface area (Å²) < 4.78 is 0. The molecule has 5 heteroatoms. The van der Waals surface area contributed by atoms with Gasteiger partial charge in [0.2, 0.25) is 0 Å². The Kier molecular flexibility index (Phi) is 3.52. The molecule has 0 aromatic heterocycles. The second kappa shape index (κ2) is 5.47. The van der Waals surface area contributed by atoms with Gasteiger partial charge in [-0.2, -0.15) is 0 Å². The lowest BCUT2D eigenvalue weighted by molar-refractivity contribution is -0.133. The van der Waals surface area contributed by atoms with Gasteiger partial charge in [0.05, 0.1) is 5.41 Å². The van der Waals surface area contributed by atoms with Crippen molar-refractivity contribution in [3.63, 3.8) is 0 Å². The van der Waals surface area contributed by atoms with Crippen molar-refractivity contribution >= 4 is 11.5 Å². The van der Waals surface area contributed by atoms with Crippen molar-refractivity contribution in [3.8, 4) is 0 Å². The number of carbonyl (C=O) groups excluding carboxylic acids is 1. The maximum Gasteiger partial charge on any atom is 0.145 e. The Morgan fingerprint density at radius 3 is 2.92 bits per heavy atom. The van der Waals surface area contributed by atoms with Gasteiger partial charge < -0.3 is 0 Å². The zero-order chi connectivity index (χ0) is 16.8. The van der Waals surface area contributed by atoms with Crippen LogP contribution in [-0.2, 0) is 10.2 Å². The van der Waals surface area contributed by atoms with E-state index in [4.69, 9.17) is 5.53 Å². The molecule has 24 heavy (non-hydrogen) atoms. The maximum absolute atomic E-state index is 13.2. The van der Waals surface area contributed by atoms with E-state index in [9.17, 15) is 4.79 Å². The molecular weight excluding hydrogens is 300 g/mol. The summed E-state index contributed by atoms with van der Waals surface area (Å²) in [6.45, 7) is 6.11. The first-order valence-electron chi connectivity index (χ1n) is 8.73. The number of ketones is 1. The minimum atomic E-state index is -0.558. The molecule has 0 radical (unpaired) electrons. The first-order chi connectivity index (χ1) is 11.7. The van der Waals surface area contributed by atoms with Gasteiger partial charge in [0.15, 0.2) is 0 Å².